The first kappa shape index (κ1) is 19.8. The van der Waals surface area contributed by atoms with Gasteiger partial charge in [0.05, 0.1) is 10.6 Å². The third-order valence-electron chi connectivity index (χ3n) is 4.13. The second kappa shape index (κ2) is 7.24. The average Bonchev–Trinajstić information content (AvgIpc) is 3.14. The van der Waals surface area contributed by atoms with Crippen LogP contribution in [0, 0.1) is 0 Å². The van der Waals surface area contributed by atoms with E-state index in [2.05, 4.69) is 15.1 Å². The molecule has 0 aromatic carbocycles. The van der Waals surface area contributed by atoms with Gasteiger partial charge in [-0.15, -0.1) is 11.3 Å². The minimum Gasteiger partial charge on any atom is -0.356 e. The van der Waals surface area contributed by atoms with Gasteiger partial charge in [-0.1, -0.05) is 0 Å². The van der Waals surface area contributed by atoms with E-state index in [-0.39, 0.29) is 28.3 Å². The number of carbonyl (C=O) groups is 1. The number of aryl methyl sites for hydroxylation is 1. The van der Waals surface area contributed by atoms with Crippen LogP contribution >= 0.6 is 11.3 Å². The second-order valence-electron chi connectivity index (χ2n) is 6.15. The first-order valence-corrected chi connectivity index (χ1v) is 10.4. The number of nitrogens with one attached hydrogen (secondary N) is 2. The number of thiophene rings is 1. The molecule has 0 aliphatic carbocycles. The summed E-state index contributed by atoms with van der Waals surface area (Å²) in [5.74, 6) is -0.119. The van der Waals surface area contributed by atoms with Crippen LogP contribution in [0.2, 0.25) is 0 Å². The Labute approximate surface area is 157 Å². The van der Waals surface area contributed by atoms with Gasteiger partial charge in [-0.2, -0.15) is 18.3 Å². The maximum atomic E-state index is 12.8. The van der Waals surface area contributed by atoms with E-state index in [4.69, 9.17) is 0 Å². The molecule has 27 heavy (non-hydrogen) atoms. The summed E-state index contributed by atoms with van der Waals surface area (Å²) >= 11 is 0.864. The Morgan fingerprint density at radius 1 is 1.33 bits per heavy atom. The molecule has 1 aliphatic heterocycles. The Morgan fingerprint density at radius 2 is 2.07 bits per heavy atom. The number of rotatable bonds is 4. The summed E-state index contributed by atoms with van der Waals surface area (Å²) in [4.78, 5) is 11.7. The van der Waals surface area contributed by atoms with E-state index in [0.29, 0.717) is 24.3 Å². The van der Waals surface area contributed by atoms with Gasteiger partial charge in [0, 0.05) is 26.1 Å². The molecule has 1 aliphatic rings. The predicted molar refractivity (Wildman–Crippen MR) is 92.5 cm³/mol. The SMILES string of the molecule is Cn1nc(C(F)(F)F)cc1-c1ccc(S(=O)(=O)NC2CCNC(=O)CC2)s1. The van der Waals surface area contributed by atoms with Crippen molar-refractivity contribution in [3.05, 3.63) is 23.9 Å². The van der Waals surface area contributed by atoms with Crippen LogP contribution < -0.4 is 10.0 Å². The molecular formula is C15H17F3N4O3S2. The highest BCUT2D eigenvalue weighted by Gasteiger charge is 2.35. The fourth-order valence-corrected chi connectivity index (χ4v) is 5.43. The number of aromatic nitrogens is 2. The van der Waals surface area contributed by atoms with E-state index in [1.54, 1.807) is 0 Å². The van der Waals surface area contributed by atoms with E-state index < -0.39 is 21.9 Å². The number of alkyl halides is 3. The van der Waals surface area contributed by atoms with E-state index in [1.807, 2.05) is 0 Å². The van der Waals surface area contributed by atoms with Crippen LogP contribution in [-0.4, -0.2) is 36.7 Å². The van der Waals surface area contributed by atoms with Crippen molar-refractivity contribution >= 4 is 27.3 Å². The van der Waals surface area contributed by atoms with Gasteiger partial charge in [0.2, 0.25) is 15.9 Å². The van der Waals surface area contributed by atoms with Crippen LogP contribution in [0.25, 0.3) is 10.6 Å². The van der Waals surface area contributed by atoms with Crippen LogP contribution in [0.5, 0.6) is 0 Å². The van der Waals surface area contributed by atoms with Crippen LogP contribution in [-0.2, 0) is 28.0 Å². The Hall–Kier alpha value is -1.92. The van der Waals surface area contributed by atoms with Crippen molar-refractivity contribution < 1.29 is 26.4 Å². The number of halogens is 3. The molecule has 2 aromatic rings. The van der Waals surface area contributed by atoms with Crippen molar-refractivity contribution in [1.82, 2.24) is 19.8 Å². The van der Waals surface area contributed by atoms with Crippen molar-refractivity contribution in [2.24, 2.45) is 7.05 Å². The quantitative estimate of drug-likeness (QED) is 0.789. The lowest BCUT2D eigenvalue weighted by Gasteiger charge is -2.14. The van der Waals surface area contributed by atoms with Gasteiger partial charge in [0.15, 0.2) is 5.69 Å². The zero-order valence-corrected chi connectivity index (χ0v) is 15.8. The van der Waals surface area contributed by atoms with Crippen LogP contribution in [0.15, 0.2) is 22.4 Å². The van der Waals surface area contributed by atoms with Gasteiger partial charge in [-0.25, -0.2) is 13.1 Å². The van der Waals surface area contributed by atoms with Gasteiger partial charge >= 0.3 is 6.18 Å². The van der Waals surface area contributed by atoms with E-state index in [1.165, 1.54) is 19.2 Å². The highest BCUT2D eigenvalue weighted by Crippen LogP contribution is 2.35. The summed E-state index contributed by atoms with van der Waals surface area (Å²) in [5.41, 5.74) is -0.857. The summed E-state index contributed by atoms with van der Waals surface area (Å²) in [6, 6.07) is 3.31. The lowest BCUT2D eigenvalue weighted by Crippen LogP contribution is -2.35. The maximum Gasteiger partial charge on any atom is 0.435 e. The van der Waals surface area contributed by atoms with Gasteiger partial charge in [0.1, 0.15) is 4.21 Å². The topological polar surface area (TPSA) is 93.1 Å². The zero-order valence-electron chi connectivity index (χ0n) is 14.2. The number of nitrogens with zero attached hydrogens (tertiary/aromatic N) is 2. The molecular weight excluding hydrogens is 405 g/mol. The fourth-order valence-electron chi connectivity index (χ4n) is 2.76. The standard InChI is InChI=1S/C15H17F3N4O3S2/c1-22-10(8-12(20-22)15(16,17)18)11-3-5-14(26-11)27(24,25)21-9-2-4-13(23)19-7-6-9/h3,5,8-9,21H,2,4,6-7H2,1H3,(H,19,23). The van der Waals surface area contributed by atoms with E-state index in [9.17, 15) is 26.4 Å². The van der Waals surface area contributed by atoms with Crippen LogP contribution in [0.3, 0.4) is 0 Å². The first-order chi connectivity index (χ1) is 12.6. The molecule has 3 heterocycles. The molecule has 0 spiro atoms. The number of carbonyl (C=O) groups excluding carboxylic acids is 1. The molecule has 12 heteroatoms. The van der Waals surface area contributed by atoms with E-state index >= 15 is 0 Å². The Kier molecular flexibility index (Phi) is 5.32. The Balaban J connectivity index is 1.80. The molecule has 0 radical (unpaired) electrons. The minimum absolute atomic E-state index is 0.00390. The van der Waals surface area contributed by atoms with Crippen molar-refractivity contribution in [1.29, 1.82) is 0 Å². The molecule has 148 valence electrons. The van der Waals surface area contributed by atoms with Crippen molar-refractivity contribution in [3.63, 3.8) is 0 Å². The van der Waals surface area contributed by atoms with E-state index in [0.717, 1.165) is 22.1 Å². The molecule has 7 nitrogen and oxygen atoms in total. The Morgan fingerprint density at radius 3 is 2.74 bits per heavy atom. The fraction of sp³-hybridized carbons (Fsp3) is 0.467. The van der Waals surface area contributed by atoms with Crippen molar-refractivity contribution in [3.8, 4) is 10.6 Å². The summed E-state index contributed by atoms with van der Waals surface area (Å²) in [6.45, 7) is 0.386. The molecule has 1 atom stereocenters. The number of amides is 1. The molecule has 2 aromatic heterocycles. The average molecular weight is 422 g/mol. The zero-order chi connectivity index (χ0) is 19.8. The van der Waals surface area contributed by atoms with Gasteiger partial charge in [-0.3, -0.25) is 9.48 Å². The number of hydrogen-bond acceptors (Lipinski definition) is 5. The molecule has 3 rings (SSSR count). The Bertz CT molecular complexity index is 950. The summed E-state index contributed by atoms with van der Waals surface area (Å²) in [5, 5.41) is 6.11. The maximum absolute atomic E-state index is 12.8. The largest absolute Gasteiger partial charge is 0.435 e. The first-order valence-electron chi connectivity index (χ1n) is 8.07. The van der Waals surface area contributed by atoms with Gasteiger partial charge < -0.3 is 5.32 Å². The molecule has 0 saturated carbocycles. The summed E-state index contributed by atoms with van der Waals surface area (Å²) in [7, 11) is -2.47. The molecule has 1 saturated heterocycles. The highest BCUT2D eigenvalue weighted by molar-refractivity contribution is 7.91. The molecule has 2 N–H and O–H groups in total. The molecule has 1 fully saturated rings. The van der Waals surface area contributed by atoms with Crippen LogP contribution in [0.1, 0.15) is 25.0 Å². The molecule has 0 bridgehead atoms. The monoisotopic (exact) mass is 422 g/mol. The predicted octanol–water partition coefficient (Wildman–Crippen LogP) is 2.11. The molecule has 1 amide bonds. The normalized spacial score (nSPS) is 19.0. The van der Waals surface area contributed by atoms with Crippen LogP contribution in [0.4, 0.5) is 13.2 Å². The third-order valence-corrected chi connectivity index (χ3v) is 7.25. The summed E-state index contributed by atoms with van der Waals surface area (Å²) < 4.78 is 67.2. The number of sulfonamides is 1. The third kappa shape index (κ3) is 4.50. The highest BCUT2D eigenvalue weighted by atomic mass is 32.2. The molecule has 1 unspecified atom stereocenters. The lowest BCUT2D eigenvalue weighted by molar-refractivity contribution is -0.141. The van der Waals surface area contributed by atoms with Crippen molar-refractivity contribution in [2.45, 2.75) is 35.7 Å². The summed E-state index contributed by atoms with van der Waals surface area (Å²) in [6.07, 6.45) is -3.48. The lowest BCUT2D eigenvalue weighted by atomic mass is 10.1. The second-order valence-corrected chi connectivity index (χ2v) is 9.17. The van der Waals surface area contributed by atoms with Gasteiger partial charge in [-0.05, 0) is 31.0 Å². The minimum atomic E-state index is -4.57. The van der Waals surface area contributed by atoms with Gasteiger partial charge in [0.25, 0.3) is 0 Å². The van der Waals surface area contributed by atoms with Crippen molar-refractivity contribution in [2.75, 3.05) is 6.54 Å². The smallest absolute Gasteiger partial charge is 0.356 e. The number of hydrogen-bond donors (Lipinski definition) is 2.